The fraction of sp³-hybridized carbons (Fsp3) is 0.318. The Morgan fingerprint density at radius 1 is 1.04 bits per heavy atom. The van der Waals surface area contributed by atoms with Crippen LogP contribution >= 0.6 is 0 Å². The second-order valence-corrected chi connectivity index (χ2v) is 7.02. The Morgan fingerprint density at radius 3 is 2.50 bits per heavy atom. The molecule has 6 heteroatoms. The van der Waals surface area contributed by atoms with Crippen molar-refractivity contribution < 1.29 is 14.4 Å². The highest BCUT2D eigenvalue weighted by molar-refractivity contribution is 6.21. The van der Waals surface area contributed by atoms with Crippen LogP contribution in [0, 0.1) is 6.92 Å². The van der Waals surface area contributed by atoms with Crippen LogP contribution in [-0.4, -0.2) is 49.3 Å². The van der Waals surface area contributed by atoms with Gasteiger partial charge < -0.3 is 10.2 Å². The van der Waals surface area contributed by atoms with Crippen molar-refractivity contribution in [2.75, 3.05) is 31.6 Å². The molecule has 28 heavy (non-hydrogen) atoms. The number of hydrogen-bond donors (Lipinski definition) is 1. The Bertz CT molecular complexity index is 880. The normalized spacial score (nSPS) is 12.9. The predicted molar refractivity (Wildman–Crippen MR) is 109 cm³/mol. The minimum absolute atomic E-state index is 0.0751. The SMILES string of the molecule is Cc1ccc2c(c1)C(=O)N(CCCC(=O)NCCN(C)c1ccccc1)C2=O. The molecule has 0 atom stereocenters. The van der Waals surface area contributed by atoms with Gasteiger partial charge in [0, 0.05) is 38.8 Å². The number of para-hydroxylation sites is 1. The highest BCUT2D eigenvalue weighted by Crippen LogP contribution is 2.24. The molecule has 0 saturated heterocycles. The molecule has 0 aromatic heterocycles. The van der Waals surface area contributed by atoms with Crippen LogP contribution in [0.2, 0.25) is 0 Å². The van der Waals surface area contributed by atoms with E-state index in [1.807, 2.05) is 50.4 Å². The van der Waals surface area contributed by atoms with E-state index in [2.05, 4.69) is 10.2 Å². The van der Waals surface area contributed by atoms with E-state index in [-0.39, 0.29) is 30.7 Å². The summed E-state index contributed by atoms with van der Waals surface area (Å²) in [6, 6.07) is 15.2. The number of nitrogens with one attached hydrogen (secondary N) is 1. The van der Waals surface area contributed by atoms with Gasteiger partial charge in [0.25, 0.3) is 11.8 Å². The number of hydrogen-bond acceptors (Lipinski definition) is 4. The summed E-state index contributed by atoms with van der Waals surface area (Å²) in [5, 5.41) is 2.89. The zero-order valence-electron chi connectivity index (χ0n) is 16.3. The molecule has 1 aliphatic rings. The molecule has 3 rings (SSSR count). The fourth-order valence-electron chi connectivity index (χ4n) is 3.27. The lowest BCUT2D eigenvalue weighted by Crippen LogP contribution is -2.34. The van der Waals surface area contributed by atoms with Crippen molar-refractivity contribution in [3.05, 3.63) is 65.2 Å². The molecule has 2 aromatic rings. The Hall–Kier alpha value is -3.15. The minimum Gasteiger partial charge on any atom is -0.373 e. The standard InChI is InChI=1S/C22H25N3O3/c1-16-10-11-18-19(15-16)22(28)25(21(18)27)13-6-9-20(26)23-12-14-24(2)17-7-4-3-5-8-17/h3-5,7-8,10-11,15H,6,9,12-14H2,1-2H3,(H,23,26). The van der Waals surface area contributed by atoms with Crippen molar-refractivity contribution >= 4 is 23.4 Å². The number of anilines is 1. The molecule has 1 N–H and O–H groups in total. The first-order valence-electron chi connectivity index (χ1n) is 9.47. The fourth-order valence-corrected chi connectivity index (χ4v) is 3.27. The molecular weight excluding hydrogens is 354 g/mol. The van der Waals surface area contributed by atoms with E-state index in [9.17, 15) is 14.4 Å². The second kappa shape index (κ2) is 8.69. The highest BCUT2D eigenvalue weighted by atomic mass is 16.2. The maximum Gasteiger partial charge on any atom is 0.261 e. The van der Waals surface area contributed by atoms with Crippen molar-refractivity contribution in [1.82, 2.24) is 10.2 Å². The van der Waals surface area contributed by atoms with Gasteiger partial charge in [-0.05, 0) is 37.6 Å². The van der Waals surface area contributed by atoms with Gasteiger partial charge in [0.15, 0.2) is 0 Å². The molecule has 0 saturated carbocycles. The quantitative estimate of drug-likeness (QED) is 0.716. The van der Waals surface area contributed by atoms with Crippen LogP contribution in [0.1, 0.15) is 39.1 Å². The summed E-state index contributed by atoms with van der Waals surface area (Å²) >= 11 is 0. The molecule has 0 aliphatic carbocycles. The van der Waals surface area contributed by atoms with Crippen LogP contribution in [0.3, 0.4) is 0 Å². The zero-order chi connectivity index (χ0) is 20.1. The van der Waals surface area contributed by atoms with E-state index in [1.165, 1.54) is 4.90 Å². The average molecular weight is 379 g/mol. The number of likely N-dealkylation sites (N-methyl/N-ethyl adjacent to an activating group) is 1. The van der Waals surface area contributed by atoms with Crippen molar-refractivity contribution in [2.45, 2.75) is 19.8 Å². The third-order valence-electron chi connectivity index (χ3n) is 4.88. The van der Waals surface area contributed by atoms with Crippen LogP contribution in [0.15, 0.2) is 48.5 Å². The largest absolute Gasteiger partial charge is 0.373 e. The van der Waals surface area contributed by atoms with E-state index in [1.54, 1.807) is 12.1 Å². The maximum absolute atomic E-state index is 12.4. The van der Waals surface area contributed by atoms with E-state index in [0.29, 0.717) is 30.6 Å². The average Bonchev–Trinajstić information content (AvgIpc) is 2.92. The molecule has 0 radical (unpaired) electrons. The van der Waals surface area contributed by atoms with E-state index < -0.39 is 0 Å². The number of aryl methyl sites for hydroxylation is 1. The number of amides is 3. The maximum atomic E-state index is 12.4. The van der Waals surface area contributed by atoms with Crippen LogP contribution in [0.25, 0.3) is 0 Å². The van der Waals surface area contributed by atoms with Gasteiger partial charge in [0.1, 0.15) is 0 Å². The van der Waals surface area contributed by atoms with Crippen LogP contribution in [0.5, 0.6) is 0 Å². The van der Waals surface area contributed by atoms with Gasteiger partial charge in [-0.15, -0.1) is 0 Å². The van der Waals surface area contributed by atoms with Crippen LogP contribution < -0.4 is 10.2 Å². The summed E-state index contributed by atoms with van der Waals surface area (Å²) in [5.74, 6) is -0.618. The summed E-state index contributed by atoms with van der Waals surface area (Å²) in [4.78, 5) is 40.1. The van der Waals surface area contributed by atoms with Crippen molar-refractivity contribution in [3.63, 3.8) is 0 Å². The molecule has 2 aromatic carbocycles. The monoisotopic (exact) mass is 379 g/mol. The van der Waals surface area contributed by atoms with Gasteiger partial charge in [-0.1, -0.05) is 29.8 Å². The lowest BCUT2D eigenvalue weighted by Gasteiger charge is -2.19. The summed E-state index contributed by atoms with van der Waals surface area (Å²) in [7, 11) is 1.98. The highest BCUT2D eigenvalue weighted by Gasteiger charge is 2.34. The van der Waals surface area contributed by atoms with Gasteiger partial charge in [-0.2, -0.15) is 0 Å². The lowest BCUT2D eigenvalue weighted by molar-refractivity contribution is -0.121. The summed E-state index contributed by atoms with van der Waals surface area (Å²) in [5.41, 5.74) is 2.95. The third kappa shape index (κ3) is 4.39. The first-order chi connectivity index (χ1) is 13.5. The van der Waals surface area contributed by atoms with E-state index in [0.717, 1.165) is 11.3 Å². The second-order valence-electron chi connectivity index (χ2n) is 7.02. The number of fused-ring (bicyclic) bond motifs is 1. The zero-order valence-corrected chi connectivity index (χ0v) is 16.3. The lowest BCUT2D eigenvalue weighted by atomic mass is 10.1. The minimum atomic E-state index is -0.273. The van der Waals surface area contributed by atoms with E-state index in [4.69, 9.17) is 0 Å². The van der Waals surface area contributed by atoms with Gasteiger partial charge in [0.05, 0.1) is 11.1 Å². The van der Waals surface area contributed by atoms with E-state index >= 15 is 0 Å². The summed E-state index contributed by atoms with van der Waals surface area (Å²) in [6.07, 6.45) is 0.728. The first kappa shape index (κ1) is 19.6. The molecule has 146 valence electrons. The Balaban J connectivity index is 1.40. The van der Waals surface area contributed by atoms with Gasteiger partial charge in [-0.25, -0.2) is 0 Å². The predicted octanol–water partition coefficient (Wildman–Crippen LogP) is 2.62. The molecular formula is C22H25N3O3. The molecule has 0 unspecified atom stereocenters. The summed E-state index contributed by atoms with van der Waals surface area (Å²) in [6.45, 7) is 3.38. The topological polar surface area (TPSA) is 69.7 Å². The Kier molecular flexibility index (Phi) is 6.09. The molecule has 1 aliphatic heterocycles. The molecule has 0 spiro atoms. The Morgan fingerprint density at radius 2 is 1.75 bits per heavy atom. The molecule has 1 heterocycles. The number of rotatable bonds is 8. The smallest absolute Gasteiger partial charge is 0.261 e. The molecule has 0 fully saturated rings. The molecule has 0 bridgehead atoms. The van der Waals surface area contributed by atoms with Gasteiger partial charge in [-0.3, -0.25) is 19.3 Å². The van der Waals surface area contributed by atoms with Crippen LogP contribution in [0.4, 0.5) is 5.69 Å². The number of imide groups is 1. The number of benzene rings is 2. The number of nitrogens with zero attached hydrogens (tertiary/aromatic N) is 2. The van der Waals surface area contributed by atoms with Gasteiger partial charge in [0.2, 0.25) is 5.91 Å². The van der Waals surface area contributed by atoms with Crippen molar-refractivity contribution in [2.24, 2.45) is 0 Å². The summed E-state index contributed by atoms with van der Waals surface area (Å²) < 4.78 is 0. The van der Waals surface area contributed by atoms with Gasteiger partial charge >= 0.3 is 0 Å². The molecule has 3 amide bonds. The van der Waals surface area contributed by atoms with Crippen LogP contribution in [-0.2, 0) is 4.79 Å². The third-order valence-corrected chi connectivity index (χ3v) is 4.88. The first-order valence-corrected chi connectivity index (χ1v) is 9.47. The Labute approximate surface area is 165 Å². The number of carbonyl (C=O) groups is 3. The van der Waals surface area contributed by atoms with Crippen molar-refractivity contribution in [3.8, 4) is 0 Å². The number of carbonyl (C=O) groups excluding carboxylic acids is 3. The van der Waals surface area contributed by atoms with Crippen molar-refractivity contribution in [1.29, 1.82) is 0 Å². The molecule has 6 nitrogen and oxygen atoms in total.